The van der Waals surface area contributed by atoms with Crippen LogP contribution in [0.3, 0.4) is 0 Å². The van der Waals surface area contributed by atoms with Gasteiger partial charge in [0.2, 0.25) is 0 Å². The van der Waals surface area contributed by atoms with E-state index in [1.807, 2.05) is 0 Å². The molecule has 3 aliphatic heterocycles. The third-order valence-corrected chi connectivity index (χ3v) is 6.10. The zero-order valence-corrected chi connectivity index (χ0v) is 16.5. The van der Waals surface area contributed by atoms with Gasteiger partial charge in [0, 0.05) is 26.2 Å². The second-order valence-corrected chi connectivity index (χ2v) is 8.94. The molecule has 1 amide bonds. The average molecular weight is 417 g/mol. The third-order valence-electron chi connectivity index (χ3n) is 5.32. The Balaban J connectivity index is 1.84. The average Bonchev–Trinajstić information content (AvgIpc) is 2.86. The number of carboxylic acid groups (broad SMARTS) is 1. The standard InChI is InChI=1S/C17H25BrN2O5/c1-16(2,3)12-8-20(11-9-24-14(21)13(11)18)10-17(25-12)4-6-19(7-5-17)15(22)23/h12H,4-10H2,1-3H3,(H,22,23). The molecule has 3 heterocycles. The maximum Gasteiger partial charge on any atom is 0.407 e. The Morgan fingerprint density at radius 3 is 2.44 bits per heavy atom. The zero-order chi connectivity index (χ0) is 18.4. The Morgan fingerprint density at radius 1 is 1.32 bits per heavy atom. The molecule has 0 aliphatic carbocycles. The molecule has 1 unspecified atom stereocenters. The predicted octanol–water partition coefficient (Wildman–Crippen LogP) is 2.41. The van der Waals surface area contributed by atoms with Gasteiger partial charge in [0.05, 0.1) is 17.4 Å². The molecule has 0 aromatic carbocycles. The van der Waals surface area contributed by atoms with Crippen LogP contribution in [-0.4, -0.2) is 71.5 Å². The molecule has 0 aromatic heterocycles. The van der Waals surface area contributed by atoms with Crippen molar-refractivity contribution in [3.63, 3.8) is 0 Å². The number of carbonyl (C=O) groups excluding carboxylic acids is 1. The number of rotatable bonds is 1. The molecule has 0 radical (unpaired) electrons. The number of carbonyl (C=O) groups is 2. The van der Waals surface area contributed by atoms with Crippen molar-refractivity contribution in [3.05, 3.63) is 10.2 Å². The number of likely N-dealkylation sites (tertiary alicyclic amines) is 1. The van der Waals surface area contributed by atoms with Gasteiger partial charge in [0.15, 0.2) is 0 Å². The van der Waals surface area contributed by atoms with Crippen LogP contribution in [0, 0.1) is 5.41 Å². The Kier molecular flexibility index (Phi) is 4.79. The molecule has 140 valence electrons. The normalized spacial score (nSPS) is 27.0. The second kappa shape index (κ2) is 6.46. The Labute approximate surface area is 156 Å². The van der Waals surface area contributed by atoms with Crippen LogP contribution in [0.15, 0.2) is 10.2 Å². The van der Waals surface area contributed by atoms with Gasteiger partial charge in [0.25, 0.3) is 0 Å². The first kappa shape index (κ1) is 18.5. The van der Waals surface area contributed by atoms with Gasteiger partial charge in [-0.3, -0.25) is 0 Å². The van der Waals surface area contributed by atoms with Crippen LogP contribution in [0.4, 0.5) is 4.79 Å². The van der Waals surface area contributed by atoms with Crippen molar-refractivity contribution >= 4 is 28.0 Å². The van der Waals surface area contributed by atoms with E-state index in [1.54, 1.807) is 0 Å². The van der Waals surface area contributed by atoms with Crippen LogP contribution in [0.5, 0.6) is 0 Å². The summed E-state index contributed by atoms with van der Waals surface area (Å²) in [6, 6.07) is 0. The van der Waals surface area contributed by atoms with Gasteiger partial charge >= 0.3 is 12.1 Å². The SMILES string of the molecule is CC(C)(C)C1CN(C2=C(Br)C(=O)OC2)CC2(CCN(C(=O)O)CC2)O1. The molecular weight excluding hydrogens is 392 g/mol. The van der Waals surface area contributed by atoms with E-state index < -0.39 is 11.7 Å². The van der Waals surface area contributed by atoms with Crippen molar-refractivity contribution in [1.29, 1.82) is 0 Å². The van der Waals surface area contributed by atoms with Gasteiger partial charge in [0.1, 0.15) is 11.1 Å². The number of esters is 1. The molecule has 3 aliphatic rings. The van der Waals surface area contributed by atoms with Crippen LogP contribution in [-0.2, 0) is 14.3 Å². The monoisotopic (exact) mass is 416 g/mol. The van der Waals surface area contributed by atoms with Crippen molar-refractivity contribution in [3.8, 4) is 0 Å². The Hall–Kier alpha value is -1.28. The lowest BCUT2D eigenvalue weighted by Gasteiger charge is -2.53. The van der Waals surface area contributed by atoms with Gasteiger partial charge in [-0.05, 0) is 34.2 Å². The molecule has 7 nitrogen and oxygen atoms in total. The van der Waals surface area contributed by atoms with Gasteiger partial charge in [-0.25, -0.2) is 9.59 Å². The van der Waals surface area contributed by atoms with E-state index in [2.05, 4.69) is 41.6 Å². The van der Waals surface area contributed by atoms with Crippen LogP contribution in [0.2, 0.25) is 0 Å². The minimum atomic E-state index is -0.880. The summed E-state index contributed by atoms with van der Waals surface area (Å²) in [6.07, 6.45) is 0.417. The van der Waals surface area contributed by atoms with Gasteiger partial charge in [-0.2, -0.15) is 0 Å². The van der Waals surface area contributed by atoms with Crippen LogP contribution in [0.1, 0.15) is 33.6 Å². The van der Waals surface area contributed by atoms with E-state index in [4.69, 9.17) is 9.47 Å². The van der Waals surface area contributed by atoms with E-state index in [1.165, 1.54) is 4.90 Å². The molecule has 0 saturated carbocycles. The number of halogens is 1. The number of morpholine rings is 1. The summed E-state index contributed by atoms with van der Waals surface area (Å²) in [5.74, 6) is -0.330. The summed E-state index contributed by atoms with van der Waals surface area (Å²) in [5, 5.41) is 9.20. The smallest absolute Gasteiger partial charge is 0.407 e. The summed E-state index contributed by atoms with van der Waals surface area (Å²) in [6.45, 7) is 8.96. The molecule has 2 saturated heterocycles. The lowest BCUT2D eigenvalue weighted by atomic mass is 9.82. The van der Waals surface area contributed by atoms with E-state index in [0.717, 1.165) is 5.70 Å². The van der Waals surface area contributed by atoms with Crippen molar-refractivity contribution in [2.75, 3.05) is 32.8 Å². The topological polar surface area (TPSA) is 79.3 Å². The first-order chi connectivity index (χ1) is 11.6. The van der Waals surface area contributed by atoms with Crippen LogP contribution in [0.25, 0.3) is 0 Å². The molecule has 1 atom stereocenters. The first-order valence-electron chi connectivity index (χ1n) is 8.58. The highest BCUT2D eigenvalue weighted by Gasteiger charge is 2.47. The summed E-state index contributed by atoms with van der Waals surface area (Å²) in [5.41, 5.74) is 0.405. The fourth-order valence-electron chi connectivity index (χ4n) is 3.64. The highest BCUT2D eigenvalue weighted by Crippen LogP contribution is 2.40. The first-order valence-corrected chi connectivity index (χ1v) is 9.37. The molecule has 8 heteroatoms. The maximum absolute atomic E-state index is 11.7. The molecule has 25 heavy (non-hydrogen) atoms. The number of piperidine rings is 1. The summed E-state index contributed by atoms with van der Waals surface area (Å²) in [4.78, 5) is 26.6. The van der Waals surface area contributed by atoms with Crippen molar-refractivity contribution in [1.82, 2.24) is 9.80 Å². The van der Waals surface area contributed by atoms with Crippen molar-refractivity contribution in [2.45, 2.75) is 45.3 Å². The fourth-order valence-corrected chi connectivity index (χ4v) is 4.11. The third kappa shape index (κ3) is 3.65. The largest absolute Gasteiger partial charge is 0.465 e. The summed E-state index contributed by atoms with van der Waals surface area (Å²) in [7, 11) is 0. The highest BCUT2D eigenvalue weighted by molar-refractivity contribution is 9.12. The number of ether oxygens (including phenoxy) is 2. The highest BCUT2D eigenvalue weighted by atomic mass is 79.9. The number of nitrogens with zero attached hydrogens (tertiary/aromatic N) is 2. The fraction of sp³-hybridized carbons (Fsp3) is 0.765. The van der Waals surface area contributed by atoms with E-state index in [9.17, 15) is 14.7 Å². The minimum Gasteiger partial charge on any atom is -0.465 e. The van der Waals surface area contributed by atoms with Gasteiger partial charge in [-0.1, -0.05) is 20.8 Å². The van der Waals surface area contributed by atoms with Gasteiger partial charge < -0.3 is 24.4 Å². The van der Waals surface area contributed by atoms with E-state index >= 15 is 0 Å². The maximum atomic E-state index is 11.7. The number of hydrogen-bond donors (Lipinski definition) is 1. The molecule has 1 spiro atoms. The number of cyclic esters (lactones) is 1. The van der Waals surface area contributed by atoms with E-state index in [-0.39, 0.29) is 24.1 Å². The summed E-state index contributed by atoms with van der Waals surface area (Å²) < 4.78 is 12.2. The minimum absolute atomic E-state index is 0.0128. The zero-order valence-electron chi connectivity index (χ0n) is 14.9. The van der Waals surface area contributed by atoms with Crippen LogP contribution >= 0.6 is 15.9 Å². The lowest BCUT2D eigenvalue weighted by Crippen LogP contribution is -2.62. The molecule has 0 bridgehead atoms. The number of hydrogen-bond acceptors (Lipinski definition) is 5. The van der Waals surface area contributed by atoms with Gasteiger partial charge in [-0.15, -0.1) is 0 Å². The second-order valence-electron chi connectivity index (χ2n) is 8.14. The molecule has 2 fully saturated rings. The van der Waals surface area contributed by atoms with Crippen LogP contribution < -0.4 is 0 Å². The summed E-state index contributed by atoms with van der Waals surface area (Å²) >= 11 is 3.35. The predicted molar refractivity (Wildman–Crippen MR) is 94.4 cm³/mol. The Bertz CT molecular complexity index is 605. The Morgan fingerprint density at radius 2 is 1.96 bits per heavy atom. The molecule has 3 rings (SSSR count). The quantitative estimate of drug-likeness (QED) is 0.661. The molecular formula is C17H25BrN2O5. The van der Waals surface area contributed by atoms with E-state index in [0.29, 0.717) is 43.5 Å². The van der Waals surface area contributed by atoms with Crippen molar-refractivity contribution < 1.29 is 24.2 Å². The molecule has 0 aromatic rings. The number of amides is 1. The van der Waals surface area contributed by atoms with Crippen molar-refractivity contribution in [2.24, 2.45) is 5.41 Å². The lowest BCUT2D eigenvalue weighted by molar-refractivity contribution is -0.195. The molecule has 1 N–H and O–H groups in total.